The molecule has 0 saturated carbocycles. The Morgan fingerprint density at radius 2 is 1.92 bits per heavy atom. The Hall–Kier alpha value is -2.86. The van der Waals surface area contributed by atoms with E-state index in [9.17, 15) is 19.5 Å². The number of ketones is 1. The number of Topliss-reactive ketones (excluding diaryl/α,β-unsaturated/α-hetero) is 1. The highest BCUT2D eigenvalue weighted by molar-refractivity contribution is 6.31. The van der Waals surface area contributed by atoms with Gasteiger partial charge in [0, 0.05) is 16.3 Å². The molecule has 0 radical (unpaired) electrons. The third kappa shape index (κ3) is 4.57. The number of carbonyl (C=O) groups excluding carboxylic acids is 3. The average molecular weight is 348 g/mol. The molecule has 0 saturated heterocycles. The Bertz CT molecular complexity index is 803. The molecule has 2 rings (SSSR count). The molecule has 0 fully saturated rings. The number of carbonyl (C=O) groups is 3. The molecule has 0 aliphatic carbocycles. The molecule has 0 heterocycles. The lowest BCUT2D eigenvalue weighted by Crippen LogP contribution is -2.21. The minimum Gasteiger partial charge on any atom is -0.507 e. The number of hydrogen-bond donors (Lipinski definition) is 2. The van der Waals surface area contributed by atoms with Crippen LogP contribution in [0.15, 0.2) is 42.5 Å². The summed E-state index contributed by atoms with van der Waals surface area (Å²) in [6.07, 6.45) is 0. The Kier molecular flexibility index (Phi) is 5.55. The number of anilines is 1. The van der Waals surface area contributed by atoms with E-state index in [2.05, 4.69) is 5.32 Å². The molecule has 0 spiro atoms. The van der Waals surface area contributed by atoms with Crippen molar-refractivity contribution in [3.05, 3.63) is 58.6 Å². The van der Waals surface area contributed by atoms with Crippen LogP contribution in [0.4, 0.5) is 5.69 Å². The monoisotopic (exact) mass is 347 g/mol. The van der Waals surface area contributed by atoms with E-state index >= 15 is 0 Å². The van der Waals surface area contributed by atoms with Gasteiger partial charge in [-0.25, -0.2) is 4.79 Å². The maximum absolute atomic E-state index is 11.9. The van der Waals surface area contributed by atoms with E-state index in [0.29, 0.717) is 11.3 Å². The number of hydrogen-bond acceptors (Lipinski definition) is 5. The molecule has 124 valence electrons. The van der Waals surface area contributed by atoms with Gasteiger partial charge < -0.3 is 15.2 Å². The van der Waals surface area contributed by atoms with Crippen molar-refractivity contribution in [1.29, 1.82) is 0 Å². The lowest BCUT2D eigenvalue weighted by molar-refractivity contribution is -0.119. The van der Waals surface area contributed by atoms with Gasteiger partial charge in [0.25, 0.3) is 5.91 Å². The first-order chi connectivity index (χ1) is 11.4. The van der Waals surface area contributed by atoms with E-state index in [-0.39, 0.29) is 22.1 Å². The maximum atomic E-state index is 11.9. The number of phenolic OH excluding ortho intramolecular Hbond substituents is 1. The summed E-state index contributed by atoms with van der Waals surface area (Å²) in [6.45, 7) is 0.870. The zero-order valence-electron chi connectivity index (χ0n) is 12.7. The number of esters is 1. The number of rotatable bonds is 5. The summed E-state index contributed by atoms with van der Waals surface area (Å²) in [5.41, 5.74) is 0.733. The van der Waals surface area contributed by atoms with Crippen molar-refractivity contribution in [3.8, 4) is 5.75 Å². The molecule has 2 aromatic rings. The van der Waals surface area contributed by atoms with Gasteiger partial charge in [-0.2, -0.15) is 0 Å². The lowest BCUT2D eigenvalue weighted by Gasteiger charge is -2.08. The van der Waals surface area contributed by atoms with Crippen molar-refractivity contribution >= 4 is 34.9 Å². The third-order valence-electron chi connectivity index (χ3n) is 3.07. The zero-order chi connectivity index (χ0) is 17.7. The molecule has 6 nitrogen and oxygen atoms in total. The molecule has 7 heteroatoms. The van der Waals surface area contributed by atoms with Crippen LogP contribution in [0.1, 0.15) is 27.6 Å². The van der Waals surface area contributed by atoms with E-state index in [1.54, 1.807) is 18.2 Å². The fraction of sp³-hybridized carbons (Fsp3) is 0.118. The number of aromatic hydroxyl groups is 1. The zero-order valence-corrected chi connectivity index (χ0v) is 13.5. The molecule has 0 unspecified atom stereocenters. The van der Waals surface area contributed by atoms with Crippen LogP contribution in [0.3, 0.4) is 0 Å². The standard InChI is InChI=1S/C17H14ClNO5/c1-10(20)11-3-2-4-13(7-11)19-16(22)9-24-17(23)14-8-12(18)5-6-15(14)21/h2-8,21H,9H2,1H3,(H,19,22). The quantitative estimate of drug-likeness (QED) is 0.640. The van der Waals surface area contributed by atoms with Crippen molar-refractivity contribution in [1.82, 2.24) is 0 Å². The fourth-order valence-electron chi connectivity index (χ4n) is 1.89. The van der Waals surface area contributed by atoms with E-state index in [1.807, 2.05) is 0 Å². The number of amides is 1. The summed E-state index contributed by atoms with van der Waals surface area (Å²) >= 11 is 5.75. The molecule has 1 amide bonds. The summed E-state index contributed by atoms with van der Waals surface area (Å²) in [7, 11) is 0. The van der Waals surface area contributed by atoms with Crippen LogP contribution in [0.25, 0.3) is 0 Å². The van der Waals surface area contributed by atoms with Gasteiger partial charge in [0.15, 0.2) is 12.4 Å². The Morgan fingerprint density at radius 3 is 2.62 bits per heavy atom. The number of ether oxygens (including phenoxy) is 1. The second-order valence-electron chi connectivity index (χ2n) is 4.92. The van der Waals surface area contributed by atoms with E-state index in [4.69, 9.17) is 16.3 Å². The molecule has 0 bridgehead atoms. The van der Waals surface area contributed by atoms with Crippen molar-refractivity contribution in [3.63, 3.8) is 0 Å². The summed E-state index contributed by atoms with van der Waals surface area (Å²) < 4.78 is 4.84. The highest BCUT2D eigenvalue weighted by Crippen LogP contribution is 2.22. The molecule has 0 aliphatic heterocycles. The van der Waals surface area contributed by atoms with Gasteiger partial charge in [0.2, 0.25) is 0 Å². The van der Waals surface area contributed by atoms with E-state index in [0.717, 1.165) is 0 Å². The van der Waals surface area contributed by atoms with Crippen LogP contribution in [-0.2, 0) is 9.53 Å². The highest BCUT2D eigenvalue weighted by Gasteiger charge is 2.15. The normalized spacial score (nSPS) is 10.1. The van der Waals surface area contributed by atoms with E-state index < -0.39 is 18.5 Å². The number of nitrogens with one attached hydrogen (secondary N) is 1. The van der Waals surface area contributed by atoms with Crippen molar-refractivity contribution < 1.29 is 24.2 Å². The fourth-order valence-corrected chi connectivity index (χ4v) is 2.07. The molecule has 0 aromatic heterocycles. The van der Waals surface area contributed by atoms with Crippen LogP contribution in [0.5, 0.6) is 5.75 Å². The molecule has 0 aliphatic rings. The molecule has 2 N–H and O–H groups in total. The first-order valence-corrected chi connectivity index (χ1v) is 7.31. The minimum atomic E-state index is -0.873. The Morgan fingerprint density at radius 1 is 1.17 bits per heavy atom. The maximum Gasteiger partial charge on any atom is 0.342 e. The van der Waals surface area contributed by atoms with Gasteiger partial charge in [-0.3, -0.25) is 9.59 Å². The van der Waals surface area contributed by atoms with Gasteiger partial charge in [0.05, 0.1) is 0 Å². The predicted octanol–water partition coefficient (Wildman–Crippen LogP) is 3.04. The first kappa shape index (κ1) is 17.5. The summed E-state index contributed by atoms with van der Waals surface area (Å²) in [4.78, 5) is 35.0. The van der Waals surface area contributed by atoms with Crippen LogP contribution in [-0.4, -0.2) is 29.4 Å². The summed E-state index contributed by atoms with van der Waals surface area (Å²) in [5, 5.41) is 12.4. The molecule has 0 atom stereocenters. The molecular weight excluding hydrogens is 334 g/mol. The molecule has 2 aromatic carbocycles. The van der Waals surface area contributed by atoms with Gasteiger partial charge in [-0.1, -0.05) is 23.7 Å². The van der Waals surface area contributed by atoms with Crippen molar-refractivity contribution in [2.45, 2.75) is 6.92 Å². The van der Waals surface area contributed by atoms with Gasteiger partial charge in [-0.05, 0) is 37.3 Å². The number of halogens is 1. The van der Waals surface area contributed by atoms with Gasteiger partial charge in [0.1, 0.15) is 11.3 Å². The Balaban J connectivity index is 1.96. The summed E-state index contributed by atoms with van der Waals surface area (Å²) in [5.74, 6) is -1.87. The predicted molar refractivity (Wildman–Crippen MR) is 88.5 cm³/mol. The second-order valence-corrected chi connectivity index (χ2v) is 5.36. The van der Waals surface area contributed by atoms with E-state index in [1.165, 1.54) is 31.2 Å². The molecule has 24 heavy (non-hydrogen) atoms. The molecular formula is C17H14ClNO5. The number of benzene rings is 2. The summed E-state index contributed by atoms with van der Waals surface area (Å²) in [6, 6.07) is 10.3. The first-order valence-electron chi connectivity index (χ1n) is 6.93. The Labute approximate surface area is 143 Å². The van der Waals surface area contributed by atoms with Crippen molar-refractivity contribution in [2.75, 3.05) is 11.9 Å². The van der Waals surface area contributed by atoms with Gasteiger partial charge in [-0.15, -0.1) is 0 Å². The smallest absolute Gasteiger partial charge is 0.342 e. The average Bonchev–Trinajstić information content (AvgIpc) is 2.55. The van der Waals surface area contributed by atoms with Crippen molar-refractivity contribution in [2.24, 2.45) is 0 Å². The minimum absolute atomic E-state index is 0.131. The second kappa shape index (κ2) is 7.61. The van der Waals surface area contributed by atoms with Crippen LogP contribution < -0.4 is 5.32 Å². The lowest BCUT2D eigenvalue weighted by atomic mass is 10.1. The van der Waals surface area contributed by atoms with Crippen LogP contribution >= 0.6 is 11.6 Å². The SMILES string of the molecule is CC(=O)c1cccc(NC(=O)COC(=O)c2cc(Cl)ccc2O)c1. The largest absolute Gasteiger partial charge is 0.507 e. The number of phenols is 1. The van der Waals surface area contributed by atoms with Crippen LogP contribution in [0.2, 0.25) is 5.02 Å². The van der Waals surface area contributed by atoms with Gasteiger partial charge >= 0.3 is 5.97 Å². The third-order valence-corrected chi connectivity index (χ3v) is 3.30. The van der Waals surface area contributed by atoms with Crippen LogP contribution in [0, 0.1) is 0 Å². The topological polar surface area (TPSA) is 92.7 Å². The highest BCUT2D eigenvalue weighted by atomic mass is 35.5.